The number of pyridine rings is 1. The molecule has 4 heterocycles. The molecule has 3 unspecified atom stereocenters. The smallest absolute Gasteiger partial charge is 0.304 e. The van der Waals surface area contributed by atoms with Crippen LogP contribution < -0.4 is 9.80 Å². The van der Waals surface area contributed by atoms with Crippen molar-refractivity contribution < 1.29 is 19.5 Å². The molecular weight excluding hydrogens is 548 g/mol. The van der Waals surface area contributed by atoms with Crippen LogP contribution >= 0.6 is 11.3 Å². The van der Waals surface area contributed by atoms with Gasteiger partial charge in [0.2, 0.25) is 11.8 Å². The highest BCUT2D eigenvalue weighted by Crippen LogP contribution is 2.42. The first kappa shape index (κ1) is 28.5. The number of rotatable bonds is 7. The lowest BCUT2D eigenvalue weighted by atomic mass is 9.74. The van der Waals surface area contributed by atoms with Crippen molar-refractivity contribution in [2.45, 2.75) is 64.7 Å². The number of carboxylic acid groups (broad SMARTS) is 1. The van der Waals surface area contributed by atoms with Crippen LogP contribution in [-0.2, 0) is 14.4 Å². The summed E-state index contributed by atoms with van der Waals surface area (Å²) in [6, 6.07) is 11.9. The third-order valence-electron chi connectivity index (χ3n) is 9.40. The Morgan fingerprint density at radius 3 is 2.38 bits per heavy atom. The minimum atomic E-state index is -0.908. The van der Waals surface area contributed by atoms with Gasteiger partial charge < -0.3 is 5.11 Å². The van der Waals surface area contributed by atoms with Crippen molar-refractivity contribution in [3.63, 3.8) is 0 Å². The molecule has 1 saturated carbocycles. The summed E-state index contributed by atoms with van der Waals surface area (Å²) in [5.74, 6) is -0.145. The van der Waals surface area contributed by atoms with E-state index in [1.807, 2.05) is 48.7 Å². The maximum Gasteiger partial charge on any atom is 0.304 e. The van der Waals surface area contributed by atoms with Crippen LogP contribution in [-0.4, -0.2) is 45.9 Å². The molecule has 0 spiro atoms. The molecule has 1 aliphatic carbocycles. The highest BCUT2D eigenvalue weighted by molar-refractivity contribution is 7.14. The van der Waals surface area contributed by atoms with E-state index < -0.39 is 11.9 Å². The lowest BCUT2D eigenvalue weighted by molar-refractivity contribution is -0.142. The summed E-state index contributed by atoms with van der Waals surface area (Å²) >= 11 is 1.44. The molecular formula is C33H38N4O4S. The van der Waals surface area contributed by atoms with Crippen LogP contribution in [0.3, 0.4) is 0 Å². The number of hydrogen-bond donors (Lipinski definition) is 1. The maximum absolute atomic E-state index is 14.0. The molecule has 1 aromatic carbocycles. The quantitative estimate of drug-likeness (QED) is 0.332. The molecule has 6 rings (SSSR count). The second-order valence-corrected chi connectivity index (χ2v) is 12.9. The van der Waals surface area contributed by atoms with Crippen LogP contribution in [0.5, 0.6) is 0 Å². The van der Waals surface area contributed by atoms with Gasteiger partial charge in [0.1, 0.15) is 5.82 Å². The van der Waals surface area contributed by atoms with E-state index in [0.717, 1.165) is 60.9 Å². The Balaban J connectivity index is 1.27. The first-order chi connectivity index (χ1) is 20.4. The Kier molecular flexibility index (Phi) is 8.38. The van der Waals surface area contributed by atoms with E-state index in [-0.39, 0.29) is 30.1 Å². The predicted molar refractivity (Wildman–Crippen MR) is 164 cm³/mol. The SMILES string of the molecule is CC1CCN(c2ccc(-c3ccccc3-c3csc(N4CCCCC(C5CCCC5)C(CC(=O)O)C4=O)n3)cn2)C1=O. The van der Waals surface area contributed by atoms with Gasteiger partial charge >= 0.3 is 5.97 Å². The zero-order valence-corrected chi connectivity index (χ0v) is 24.9. The third kappa shape index (κ3) is 5.71. The summed E-state index contributed by atoms with van der Waals surface area (Å²) in [5, 5.41) is 12.4. The Labute approximate surface area is 250 Å². The van der Waals surface area contributed by atoms with E-state index in [0.29, 0.717) is 30.0 Å². The number of anilines is 2. The second kappa shape index (κ2) is 12.3. The minimum absolute atomic E-state index is 0.0273. The van der Waals surface area contributed by atoms with Gasteiger partial charge in [0.05, 0.1) is 18.0 Å². The molecule has 0 radical (unpaired) electrons. The molecule has 0 bridgehead atoms. The van der Waals surface area contributed by atoms with Crippen molar-refractivity contribution in [3.8, 4) is 22.4 Å². The largest absolute Gasteiger partial charge is 0.481 e. The number of amides is 2. The van der Waals surface area contributed by atoms with Crippen molar-refractivity contribution in [1.29, 1.82) is 0 Å². The molecule has 220 valence electrons. The molecule has 3 atom stereocenters. The van der Waals surface area contributed by atoms with Crippen LogP contribution in [0.4, 0.5) is 10.9 Å². The van der Waals surface area contributed by atoms with Crippen molar-refractivity contribution in [2.24, 2.45) is 23.7 Å². The molecule has 8 nitrogen and oxygen atoms in total. The van der Waals surface area contributed by atoms with Gasteiger partial charge in [-0.3, -0.25) is 24.2 Å². The van der Waals surface area contributed by atoms with Crippen molar-refractivity contribution in [3.05, 3.63) is 48.0 Å². The molecule has 3 fully saturated rings. The van der Waals surface area contributed by atoms with E-state index in [4.69, 9.17) is 4.98 Å². The van der Waals surface area contributed by atoms with E-state index in [1.165, 1.54) is 24.2 Å². The predicted octanol–water partition coefficient (Wildman–Crippen LogP) is 6.66. The summed E-state index contributed by atoms with van der Waals surface area (Å²) in [7, 11) is 0. The van der Waals surface area contributed by atoms with E-state index in [1.54, 1.807) is 16.0 Å². The van der Waals surface area contributed by atoms with Gasteiger partial charge in [-0.05, 0) is 48.8 Å². The number of carbonyl (C=O) groups is 3. The molecule has 42 heavy (non-hydrogen) atoms. The van der Waals surface area contributed by atoms with E-state index in [2.05, 4.69) is 4.98 Å². The number of nitrogens with zero attached hydrogens (tertiary/aromatic N) is 4. The molecule has 9 heteroatoms. The molecule has 2 aliphatic heterocycles. The Bertz CT molecular complexity index is 1450. The number of aromatic nitrogens is 2. The Morgan fingerprint density at radius 2 is 1.69 bits per heavy atom. The standard InChI is InChI=1S/C33H38N4O4S/c1-21-15-17-36(31(21)40)29-14-13-23(19-34-29)25-10-4-5-12-26(25)28-20-42-33(35-28)37-16-7-6-11-24(22-8-2-3-9-22)27(32(37)41)18-30(38)39/h4-5,10,12-14,19-22,24,27H,2-3,6-9,11,15-18H2,1H3,(H,38,39). The monoisotopic (exact) mass is 586 g/mol. The molecule has 3 aliphatic rings. The summed E-state index contributed by atoms with van der Waals surface area (Å²) in [6.07, 6.45) is 9.85. The highest BCUT2D eigenvalue weighted by atomic mass is 32.1. The first-order valence-electron chi connectivity index (χ1n) is 15.3. The number of carboxylic acids is 1. The fourth-order valence-electron chi connectivity index (χ4n) is 7.14. The average Bonchev–Trinajstić information content (AvgIpc) is 3.76. The van der Waals surface area contributed by atoms with Crippen molar-refractivity contribution in [2.75, 3.05) is 22.9 Å². The van der Waals surface area contributed by atoms with Gasteiger partial charge in [0.25, 0.3) is 0 Å². The molecule has 1 N–H and O–H groups in total. The minimum Gasteiger partial charge on any atom is -0.481 e. The number of benzene rings is 1. The van der Waals surface area contributed by atoms with Crippen LogP contribution in [0.15, 0.2) is 48.0 Å². The van der Waals surface area contributed by atoms with Gasteiger partial charge in [0, 0.05) is 41.7 Å². The zero-order valence-electron chi connectivity index (χ0n) is 24.1. The summed E-state index contributed by atoms with van der Waals surface area (Å²) < 4.78 is 0. The van der Waals surface area contributed by atoms with Gasteiger partial charge in [-0.25, -0.2) is 9.97 Å². The van der Waals surface area contributed by atoms with Crippen LogP contribution in [0.25, 0.3) is 22.4 Å². The number of aliphatic carboxylic acids is 1. The fourth-order valence-corrected chi connectivity index (χ4v) is 7.99. The highest BCUT2D eigenvalue weighted by Gasteiger charge is 2.40. The van der Waals surface area contributed by atoms with Crippen LogP contribution in [0.2, 0.25) is 0 Å². The average molecular weight is 587 g/mol. The summed E-state index contributed by atoms with van der Waals surface area (Å²) in [4.78, 5) is 51.5. The topological polar surface area (TPSA) is 104 Å². The lowest BCUT2D eigenvalue weighted by Gasteiger charge is -2.35. The number of carbonyl (C=O) groups excluding carboxylic acids is 2. The van der Waals surface area contributed by atoms with Gasteiger partial charge in [0.15, 0.2) is 5.13 Å². The van der Waals surface area contributed by atoms with Crippen LogP contribution in [0, 0.1) is 23.7 Å². The van der Waals surface area contributed by atoms with Crippen LogP contribution in [0.1, 0.15) is 64.7 Å². The number of hydrogen-bond acceptors (Lipinski definition) is 6. The number of thiazole rings is 1. The summed E-state index contributed by atoms with van der Waals surface area (Å²) in [5.41, 5.74) is 3.60. The summed E-state index contributed by atoms with van der Waals surface area (Å²) in [6.45, 7) is 3.20. The molecule has 2 amide bonds. The maximum atomic E-state index is 14.0. The van der Waals surface area contributed by atoms with Gasteiger partial charge in [-0.2, -0.15) is 0 Å². The van der Waals surface area contributed by atoms with E-state index in [9.17, 15) is 19.5 Å². The molecule has 3 aromatic rings. The molecule has 2 aromatic heterocycles. The second-order valence-electron chi connectivity index (χ2n) is 12.0. The van der Waals surface area contributed by atoms with Crippen molar-refractivity contribution >= 4 is 40.1 Å². The Morgan fingerprint density at radius 1 is 0.929 bits per heavy atom. The third-order valence-corrected chi connectivity index (χ3v) is 10.3. The zero-order chi connectivity index (χ0) is 29.2. The molecule has 2 saturated heterocycles. The first-order valence-corrected chi connectivity index (χ1v) is 16.1. The van der Waals surface area contributed by atoms with Gasteiger partial charge in [-0.15, -0.1) is 11.3 Å². The van der Waals surface area contributed by atoms with Crippen molar-refractivity contribution in [1.82, 2.24) is 9.97 Å². The Hall–Kier alpha value is -3.59. The fraction of sp³-hybridized carbons (Fsp3) is 0.485. The lowest BCUT2D eigenvalue weighted by Crippen LogP contribution is -2.44. The van der Waals surface area contributed by atoms with E-state index >= 15 is 0 Å². The normalized spacial score (nSPS) is 23.8. The van der Waals surface area contributed by atoms with Gasteiger partial charge in [-0.1, -0.05) is 63.3 Å².